The van der Waals surface area contributed by atoms with Crippen LogP contribution in [0.4, 0.5) is 8.78 Å². The Morgan fingerprint density at radius 1 is 1.47 bits per heavy atom. The molecule has 19 heavy (non-hydrogen) atoms. The summed E-state index contributed by atoms with van der Waals surface area (Å²) in [6.45, 7) is 1.82. The summed E-state index contributed by atoms with van der Waals surface area (Å²) in [6, 6.07) is 1.73. The molecule has 1 unspecified atom stereocenters. The zero-order valence-electron chi connectivity index (χ0n) is 10.2. The molecule has 0 aromatic heterocycles. The van der Waals surface area contributed by atoms with Crippen molar-refractivity contribution in [2.24, 2.45) is 5.73 Å². The maximum Gasteiger partial charge on any atom is 0.257 e. The molecule has 1 aromatic rings. The Bertz CT molecular complexity index is 487. The van der Waals surface area contributed by atoms with Gasteiger partial charge in [0.2, 0.25) is 0 Å². The summed E-state index contributed by atoms with van der Waals surface area (Å²) in [4.78, 5) is 12.1. The molecule has 104 valence electrons. The SMILES string of the molecule is CCC(CC(N)=S)NC(=O)c1c(F)cc(Br)cc1F. The number of nitrogens with two attached hydrogens (primary N) is 1. The molecule has 0 heterocycles. The van der Waals surface area contributed by atoms with E-state index in [-0.39, 0.29) is 21.9 Å². The molecule has 0 saturated carbocycles. The molecule has 0 fully saturated rings. The minimum absolute atomic E-state index is 0.231. The highest BCUT2D eigenvalue weighted by Gasteiger charge is 2.20. The van der Waals surface area contributed by atoms with Crippen LogP contribution in [0.1, 0.15) is 30.1 Å². The summed E-state index contributed by atoms with van der Waals surface area (Å²) < 4.78 is 27.4. The molecule has 3 N–H and O–H groups in total. The third kappa shape index (κ3) is 4.50. The lowest BCUT2D eigenvalue weighted by molar-refractivity contribution is 0.0928. The molecule has 0 saturated heterocycles. The number of nitrogens with one attached hydrogen (secondary N) is 1. The van der Waals surface area contributed by atoms with E-state index in [9.17, 15) is 13.6 Å². The van der Waals surface area contributed by atoms with Crippen molar-refractivity contribution >= 4 is 39.0 Å². The van der Waals surface area contributed by atoms with Gasteiger partial charge in [-0.3, -0.25) is 4.79 Å². The molecule has 3 nitrogen and oxygen atoms in total. The van der Waals surface area contributed by atoms with E-state index in [2.05, 4.69) is 21.2 Å². The number of benzene rings is 1. The van der Waals surface area contributed by atoms with Crippen LogP contribution in [0.3, 0.4) is 0 Å². The van der Waals surface area contributed by atoms with Gasteiger partial charge in [-0.25, -0.2) is 8.78 Å². The molecule has 1 atom stereocenters. The molecule has 0 aliphatic heterocycles. The maximum atomic E-state index is 13.6. The lowest BCUT2D eigenvalue weighted by Gasteiger charge is -2.16. The Kier molecular flexibility index (Phi) is 5.81. The van der Waals surface area contributed by atoms with Crippen LogP contribution < -0.4 is 11.1 Å². The predicted octanol–water partition coefficient (Wildman–Crippen LogP) is 2.91. The number of hydrogen-bond donors (Lipinski definition) is 2. The largest absolute Gasteiger partial charge is 0.393 e. The van der Waals surface area contributed by atoms with Gasteiger partial charge in [-0.2, -0.15) is 0 Å². The fourth-order valence-corrected chi connectivity index (χ4v) is 2.16. The highest BCUT2D eigenvalue weighted by molar-refractivity contribution is 9.10. The summed E-state index contributed by atoms with van der Waals surface area (Å²) in [5, 5.41) is 2.51. The molecule has 0 aliphatic carbocycles. The molecule has 0 radical (unpaired) electrons. The number of carbonyl (C=O) groups excluding carboxylic acids is 1. The molecule has 0 bridgehead atoms. The Morgan fingerprint density at radius 3 is 2.42 bits per heavy atom. The monoisotopic (exact) mass is 350 g/mol. The van der Waals surface area contributed by atoms with E-state index in [1.165, 1.54) is 0 Å². The summed E-state index contributed by atoms with van der Waals surface area (Å²) in [7, 11) is 0. The average molecular weight is 351 g/mol. The van der Waals surface area contributed by atoms with E-state index in [4.69, 9.17) is 18.0 Å². The minimum Gasteiger partial charge on any atom is -0.393 e. The van der Waals surface area contributed by atoms with Crippen LogP contribution in [0.15, 0.2) is 16.6 Å². The van der Waals surface area contributed by atoms with Gasteiger partial charge in [0.25, 0.3) is 5.91 Å². The van der Waals surface area contributed by atoms with Gasteiger partial charge in [0, 0.05) is 16.9 Å². The molecular weight excluding hydrogens is 338 g/mol. The first kappa shape index (κ1) is 16.0. The van der Waals surface area contributed by atoms with Crippen molar-refractivity contribution in [2.75, 3.05) is 0 Å². The van der Waals surface area contributed by atoms with Gasteiger partial charge in [0.15, 0.2) is 0 Å². The zero-order chi connectivity index (χ0) is 14.6. The highest BCUT2D eigenvalue weighted by atomic mass is 79.9. The fraction of sp³-hybridized carbons (Fsp3) is 0.333. The summed E-state index contributed by atoms with van der Waals surface area (Å²) in [6.07, 6.45) is 0.847. The summed E-state index contributed by atoms with van der Waals surface area (Å²) in [5.74, 6) is -2.66. The highest BCUT2D eigenvalue weighted by Crippen LogP contribution is 2.19. The molecule has 1 aromatic carbocycles. The van der Waals surface area contributed by atoms with Gasteiger partial charge in [-0.05, 0) is 18.6 Å². The number of halogens is 3. The van der Waals surface area contributed by atoms with E-state index in [1.54, 1.807) is 0 Å². The van der Waals surface area contributed by atoms with Gasteiger partial charge in [-0.15, -0.1) is 0 Å². The van der Waals surface area contributed by atoms with Crippen molar-refractivity contribution in [3.8, 4) is 0 Å². The molecular formula is C12H13BrF2N2OS. The van der Waals surface area contributed by atoms with Gasteiger partial charge < -0.3 is 11.1 Å². The number of rotatable bonds is 5. The smallest absolute Gasteiger partial charge is 0.257 e. The third-order valence-corrected chi connectivity index (χ3v) is 3.13. The molecule has 1 rings (SSSR count). The van der Waals surface area contributed by atoms with Gasteiger partial charge in [0.05, 0.1) is 4.99 Å². The summed E-state index contributed by atoms with van der Waals surface area (Å²) >= 11 is 7.70. The van der Waals surface area contributed by atoms with Crippen LogP contribution in [0, 0.1) is 11.6 Å². The average Bonchev–Trinajstić information content (AvgIpc) is 2.25. The maximum absolute atomic E-state index is 13.6. The van der Waals surface area contributed by atoms with Crippen molar-refractivity contribution in [3.63, 3.8) is 0 Å². The standard InChI is InChI=1S/C12H13BrF2N2OS/c1-2-7(5-10(16)19)17-12(18)11-8(14)3-6(13)4-9(11)15/h3-4,7H,2,5H2,1H3,(H2,16,19)(H,17,18). The number of amides is 1. The number of thiocarbonyl (C=S) groups is 1. The first-order valence-corrected chi connectivity index (χ1v) is 6.79. The molecule has 1 amide bonds. The second-order valence-electron chi connectivity index (χ2n) is 3.99. The normalized spacial score (nSPS) is 12.0. The van der Waals surface area contributed by atoms with Crippen molar-refractivity contribution in [2.45, 2.75) is 25.8 Å². The topological polar surface area (TPSA) is 55.1 Å². The Morgan fingerprint density at radius 2 is 2.00 bits per heavy atom. The third-order valence-electron chi connectivity index (χ3n) is 2.51. The molecule has 0 aliphatic rings. The predicted molar refractivity (Wildman–Crippen MR) is 77.0 cm³/mol. The van der Waals surface area contributed by atoms with Crippen LogP contribution in [0.2, 0.25) is 0 Å². The number of hydrogen-bond acceptors (Lipinski definition) is 2. The van der Waals surface area contributed by atoms with Crippen molar-refractivity contribution in [3.05, 3.63) is 33.8 Å². The van der Waals surface area contributed by atoms with Crippen molar-refractivity contribution in [1.29, 1.82) is 0 Å². The first-order valence-electron chi connectivity index (χ1n) is 5.58. The minimum atomic E-state index is -0.922. The van der Waals surface area contributed by atoms with Crippen molar-refractivity contribution < 1.29 is 13.6 Å². The molecule has 7 heteroatoms. The van der Waals surface area contributed by atoms with E-state index in [0.29, 0.717) is 6.42 Å². The van der Waals surface area contributed by atoms with Crippen LogP contribution in [0.25, 0.3) is 0 Å². The molecule has 0 spiro atoms. The van der Waals surface area contributed by atoms with E-state index in [1.807, 2.05) is 6.92 Å². The quantitative estimate of drug-likeness (QED) is 0.802. The van der Waals surface area contributed by atoms with Gasteiger partial charge >= 0.3 is 0 Å². The van der Waals surface area contributed by atoms with Crippen LogP contribution >= 0.6 is 28.1 Å². The zero-order valence-corrected chi connectivity index (χ0v) is 12.6. The lowest BCUT2D eigenvalue weighted by Crippen LogP contribution is -2.37. The summed E-state index contributed by atoms with van der Waals surface area (Å²) in [5.41, 5.74) is 4.78. The first-order chi connectivity index (χ1) is 8.85. The van der Waals surface area contributed by atoms with Crippen LogP contribution in [-0.4, -0.2) is 16.9 Å². The second-order valence-corrected chi connectivity index (χ2v) is 5.43. The van der Waals surface area contributed by atoms with Crippen LogP contribution in [0.5, 0.6) is 0 Å². The lowest BCUT2D eigenvalue weighted by atomic mass is 10.1. The second kappa shape index (κ2) is 6.91. The van der Waals surface area contributed by atoms with Crippen molar-refractivity contribution in [1.82, 2.24) is 5.32 Å². The number of carbonyl (C=O) groups is 1. The van der Waals surface area contributed by atoms with Gasteiger partial charge in [-0.1, -0.05) is 35.1 Å². The van der Waals surface area contributed by atoms with E-state index >= 15 is 0 Å². The van der Waals surface area contributed by atoms with E-state index < -0.39 is 23.1 Å². The fourth-order valence-electron chi connectivity index (χ4n) is 1.56. The Labute approximate surface area is 123 Å². The Hall–Kier alpha value is -1.08. The van der Waals surface area contributed by atoms with E-state index in [0.717, 1.165) is 12.1 Å². The van der Waals surface area contributed by atoms with Crippen LogP contribution in [-0.2, 0) is 0 Å². The Balaban J connectivity index is 2.92. The van der Waals surface area contributed by atoms with Gasteiger partial charge in [0.1, 0.15) is 17.2 Å².